The largest absolute Gasteiger partial charge is 0.0683 e. The molecule has 0 heterocycles. The summed E-state index contributed by atoms with van der Waals surface area (Å²) in [5.41, 5.74) is 0. The molecular weight excluding hydrogens is 252 g/mol. The third-order valence-electron chi connectivity index (χ3n) is 3.12. The highest BCUT2D eigenvalue weighted by Crippen LogP contribution is 2.03. The first-order chi connectivity index (χ1) is 10.2. The number of unbranched alkanes of at least 4 members (excludes halogenated alkanes) is 10. The smallest absolute Gasteiger partial charge is 0.0533 e. The molecule has 0 aromatic heterocycles. The summed E-state index contributed by atoms with van der Waals surface area (Å²) in [6.45, 7) is 17.4. The zero-order valence-electron chi connectivity index (χ0n) is 17.2. The normalized spacial score (nSPS) is 8.57. The Morgan fingerprint density at radius 3 is 0.619 bits per heavy atom. The maximum atomic E-state index is 2.26. The van der Waals surface area contributed by atoms with Crippen molar-refractivity contribution < 1.29 is 0 Å². The predicted molar refractivity (Wildman–Crippen MR) is 105 cm³/mol. The van der Waals surface area contributed by atoms with Gasteiger partial charge in [-0.1, -0.05) is 139 Å². The fraction of sp³-hybridized carbons (Fsp3) is 1.00. The van der Waals surface area contributed by atoms with Gasteiger partial charge in [-0.3, -0.25) is 0 Å². The summed E-state index contributed by atoms with van der Waals surface area (Å²) in [4.78, 5) is 0. The van der Waals surface area contributed by atoms with Crippen molar-refractivity contribution in [1.82, 2.24) is 0 Å². The molecule has 0 aromatic carbocycles. The van der Waals surface area contributed by atoms with Crippen LogP contribution in [0.4, 0.5) is 0 Å². The maximum absolute atomic E-state index is 2.26. The number of rotatable bonds is 10. The van der Waals surface area contributed by atoms with Crippen LogP contribution in [0, 0.1) is 0 Å². The van der Waals surface area contributed by atoms with Gasteiger partial charge in [-0.25, -0.2) is 0 Å². The molecule has 0 saturated heterocycles. The van der Waals surface area contributed by atoms with Gasteiger partial charge in [0.15, 0.2) is 0 Å². The lowest BCUT2D eigenvalue weighted by molar-refractivity contribution is 0.624. The zero-order chi connectivity index (χ0) is 17.2. The summed E-state index contributed by atoms with van der Waals surface area (Å²) >= 11 is 0. The molecular formula is C21H50. The van der Waals surface area contributed by atoms with E-state index in [-0.39, 0.29) is 0 Å². The molecule has 0 bridgehead atoms. The monoisotopic (exact) mass is 302 g/mol. The van der Waals surface area contributed by atoms with E-state index in [0.717, 1.165) is 0 Å². The lowest BCUT2D eigenvalue weighted by Crippen LogP contribution is -1.73. The Bertz CT molecular complexity index is 84.2. The maximum Gasteiger partial charge on any atom is -0.0533 e. The lowest BCUT2D eigenvalue weighted by Gasteiger charge is -1.93. The summed E-state index contributed by atoms with van der Waals surface area (Å²) in [5, 5.41) is 0. The number of hydrogen-bond donors (Lipinski definition) is 0. The predicted octanol–water partition coefficient (Wildman–Crippen LogP) is 9.18. The van der Waals surface area contributed by atoms with Crippen LogP contribution in [0.25, 0.3) is 0 Å². The van der Waals surface area contributed by atoms with Gasteiger partial charge in [-0.05, 0) is 0 Å². The van der Waals surface area contributed by atoms with Crippen molar-refractivity contribution in [3.05, 3.63) is 0 Å². The van der Waals surface area contributed by atoms with E-state index in [9.17, 15) is 0 Å². The molecule has 0 aromatic rings. The van der Waals surface area contributed by atoms with Crippen molar-refractivity contribution in [3.8, 4) is 0 Å². The Morgan fingerprint density at radius 2 is 0.476 bits per heavy atom. The van der Waals surface area contributed by atoms with Crippen LogP contribution in [0.1, 0.15) is 139 Å². The highest BCUT2D eigenvalue weighted by atomic mass is 13.9. The van der Waals surface area contributed by atoms with Crippen LogP contribution in [0.2, 0.25) is 0 Å². The second-order valence-electron chi connectivity index (χ2n) is 5.47. The van der Waals surface area contributed by atoms with Crippen molar-refractivity contribution in [2.75, 3.05) is 0 Å². The summed E-state index contributed by atoms with van der Waals surface area (Å²) in [6.07, 6.45) is 18.1. The van der Waals surface area contributed by atoms with Crippen LogP contribution in [-0.2, 0) is 0 Å². The fourth-order valence-corrected chi connectivity index (χ4v) is 1.71. The first kappa shape index (κ1) is 29.1. The van der Waals surface area contributed by atoms with E-state index in [1.807, 2.05) is 13.8 Å². The molecule has 0 fully saturated rings. The van der Waals surface area contributed by atoms with E-state index < -0.39 is 0 Å². The van der Waals surface area contributed by atoms with E-state index in [0.29, 0.717) is 0 Å². The number of hydrogen-bond acceptors (Lipinski definition) is 0. The van der Waals surface area contributed by atoms with E-state index in [1.165, 1.54) is 83.5 Å². The standard InChI is InChI=1S/C8H18.C6H14.C5H12.C2H6/c1-3-5-7-8-6-4-2;1-3-5-6-4-2;1-3-5-4-2;1-2/h3-8H2,1-2H3;3-6H2,1-2H3;3-5H2,1-2H3;1-2H3. The molecule has 0 aliphatic carbocycles. The fourth-order valence-electron chi connectivity index (χ4n) is 1.71. The quantitative estimate of drug-likeness (QED) is 0.353. The molecule has 0 saturated carbocycles. The summed E-state index contributed by atoms with van der Waals surface area (Å²) in [7, 11) is 0. The minimum Gasteiger partial charge on any atom is -0.0683 e. The summed E-state index contributed by atoms with van der Waals surface area (Å²) < 4.78 is 0. The third-order valence-corrected chi connectivity index (χ3v) is 3.12. The molecule has 0 rings (SSSR count). The molecule has 0 atom stereocenters. The van der Waals surface area contributed by atoms with E-state index >= 15 is 0 Å². The third kappa shape index (κ3) is 64.8. The van der Waals surface area contributed by atoms with Crippen molar-refractivity contribution in [3.63, 3.8) is 0 Å². The van der Waals surface area contributed by atoms with Crippen LogP contribution < -0.4 is 0 Å². The van der Waals surface area contributed by atoms with E-state index in [4.69, 9.17) is 0 Å². The van der Waals surface area contributed by atoms with Crippen molar-refractivity contribution in [1.29, 1.82) is 0 Å². The van der Waals surface area contributed by atoms with Gasteiger partial charge in [0.1, 0.15) is 0 Å². The zero-order valence-corrected chi connectivity index (χ0v) is 17.2. The Labute approximate surface area is 139 Å². The van der Waals surface area contributed by atoms with Gasteiger partial charge in [0.05, 0.1) is 0 Å². The summed E-state index contributed by atoms with van der Waals surface area (Å²) in [5.74, 6) is 0. The van der Waals surface area contributed by atoms with Gasteiger partial charge < -0.3 is 0 Å². The highest BCUT2D eigenvalue weighted by molar-refractivity contribution is 4.39. The molecule has 0 nitrogen and oxygen atoms in total. The van der Waals surface area contributed by atoms with Crippen molar-refractivity contribution in [2.24, 2.45) is 0 Å². The molecule has 0 N–H and O–H groups in total. The first-order valence-corrected chi connectivity index (χ1v) is 10.2. The molecule has 0 heteroatoms. The van der Waals surface area contributed by atoms with Crippen LogP contribution in [0.5, 0.6) is 0 Å². The Kier molecular flexibility index (Phi) is 59.1. The van der Waals surface area contributed by atoms with Crippen molar-refractivity contribution in [2.45, 2.75) is 139 Å². The minimum atomic E-state index is 1.34. The molecule has 21 heavy (non-hydrogen) atoms. The summed E-state index contributed by atoms with van der Waals surface area (Å²) in [6, 6.07) is 0. The molecule has 0 aliphatic rings. The van der Waals surface area contributed by atoms with E-state index in [2.05, 4.69) is 41.5 Å². The highest BCUT2D eigenvalue weighted by Gasteiger charge is 1.83. The van der Waals surface area contributed by atoms with Gasteiger partial charge in [0, 0.05) is 0 Å². The molecule has 0 aliphatic heterocycles. The van der Waals surface area contributed by atoms with Gasteiger partial charge >= 0.3 is 0 Å². The van der Waals surface area contributed by atoms with Gasteiger partial charge in [-0.15, -0.1) is 0 Å². The topological polar surface area (TPSA) is 0 Å². The molecule has 0 unspecified atom stereocenters. The molecule has 0 amide bonds. The second kappa shape index (κ2) is 42.7. The molecule has 0 spiro atoms. The lowest BCUT2D eigenvalue weighted by atomic mass is 10.1. The Hall–Kier alpha value is 0. The second-order valence-corrected chi connectivity index (χ2v) is 5.47. The van der Waals surface area contributed by atoms with Crippen LogP contribution in [0.15, 0.2) is 0 Å². The van der Waals surface area contributed by atoms with E-state index in [1.54, 1.807) is 0 Å². The average Bonchev–Trinajstić information content (AvgIpc) is 2.53. The average molecular weight is 303 g/mol. The van der Waals surface area contributed by atoms with Crippen molar-refractivity contribution >= 4 is 0 Å². The first-order valence-electron chi connectivity index (χ1n) is 10.2. The van der Waals surface area contributed by atoms with Gasteiger partial charge in [-0.2, -0.15) is 0 Å². The Morgan fingerprint density at radius 1 is 0.286 bits per heavy atom. The SMILES string of the molecule is CC.CCCCC.CCCCCC.CCCCCCCC. The van der Waals surface area contributed by atoms with Gasteiger partial charge in [0.2, 0.25) is 0 Å². The Balaban J connectivity index is -0.0000000998. The van der Waals surface area contributed by atoms with Crippen LogP contribution >= 0.6 is 0 Å². The van der Waals surface area contributed by atoms with Gasteiger partial charge in [0.25, 0.3) is 0 Å². The molecule has 134 valence electrons. The van der Waals surface area contributed by atoms with Crippen LogP contribution in [-0.4, -0.2) is 0 Å². The molecule has 0 radical (unpaired) electrons. The van der Waals surface area contributed by atoms with Crippen LogP contribution in [0.3, 0.4) is 0 Å². The minimum absolute atomic E-state index is 1.34.